The minimum atomic E-state index is 0.0209. The molecule has 0 radical (unpaired) electrons. The number of nitrogens with zero attached hydrogens (tertiary/aromatic N) is 2. The molecule has 0 spiro atoms. The highest BCUT2D eigenvalue weighted by Gasteiger charge is 2.23. The number of aryl methyl sites for hydroxylation is 1. The summed E-state index contributed by atoms with van der Waals surface area (Å²) in [5, 5.41) is 11.0. The maximum absolute atomic E-state index is 4.54. The first-order valence-corrected chi connectivity index (χ1v) is 8.87. The lowest BCUT2D eigenvalue weighted by Crippen LogP contribution is -2.13. The molecule has 4 nitrogen and oxygen atoms in total. The molecule has 128 valence electrons. The van der Waals surface area contributed by atoms with Crippen LogP contribution >= 0.6 is 0 Å². The van der Waals surface area contributed by atoms with E-state index in [1.807, 2.05) is 18.5 Å². The van der Waals surface area contributed by atoms with Gasteiger partial charge in [-0.1, -0.05) is 45.0 Å². The van der Waals surface area contributed by atoms with Crippen LogP contribution in [0.3, 0.4) is 0 Å². The summed E-state index contributed by atoms with van der Waals surface area (Å²) < 4.78 is 0. The molecule has 0 bridgehead atoms. The van der Waals surface area contributed by atoms with Gasteiger partial charge in [-0.25, -0.2) is 4.98 Å². The third-order valence-corrected chi connectivity index (χ3v) is 4.92. The van der Waals surface area contributed by atoms with Crippen LogP contribution in [-0.4, -0.2) is 15.2 Å². The lowest BCUT2D eigenvalue weighted by molar-refractivity contribution is 0.568. The van der Waals surface area contributed by atoms with Crippen LogP contribution in [0.5, 0.6) is 0 Å². The van der Waals surface area contributed by atoms with Crippen LogP contribution in [0.1, 0.15) is 50.1 Å². The second-order valence-electron chi connectivity index (χ2n) is 7.77. The van der Waals surface area contributed by atoms with E-state index in [-0.39, 0.29) is 5.41 Å². The van der Waals surface area contributed by atoms with Crippen molar-refractivity contribution in [2.45, 2.75) is 45.1 Å². The number of benzene rings is 1. The molecule has 0 amide bonds. The van der Waals surface area contributed by atoms with Crippen LogP contribution in [0.25, 0.3) is 11.1 Å². The zero-order valence-electron chi connectivity index (χ0n) is 15.0. The third-order valence-electron chi connectivity index (χ3n) is 4.92. The summed E-state index contributed by atoms with van der Waals surface area (Å²) in [6.07, 6.45) is 6.02. The fraction of sp³-hybridized carbons (Fsp3) is 0.333. The summed E-state index contributed by atoms with van der Waals surface area (Å²) in [5.41, 5.74) is 6.30. The van der Waals surface area contributed by atoms with Crippen LogP contribution < -0.4 is 5.32 Å². The highest BCUT2D eigenvalue weighted by molar-refractivity contribution is 5.69. The van der Waals surface area contributed by atoms with Gasteiger partial charge in [0.25, 0.3) is 0 Å². The predicted octanol–water partition coefficient (Wildman–Crippen LogP) is 4.87. The number of nitrogens with one attached hydrogen (secondary N) is 2. The molecule has 3 aromatic rings. The van der Waals surface area contributed by atoms with Crippen LogP contribution in [0.2, 0.25) is 0 Å². The Balaban J connectivity index is 1.62. The number of hydrogen-bond donors (Lipinski definition) is 2. The van der Waals surface area contributed by atoms with Gasteiger partial charge in [0.05, 0.1) is 12.2 Å². The van der Waals surface area contributed by atoms with Crippen molar-refractivity contribution < 1.29 is 0 Å². The topological polar surface area (TPSA) is 53.6 Å². The molecule has 1 aliphatic carbocycles. The van der Waals surface area contributed by atoms with Crippen molar-refractivity contribution in [3.63, 3.8) is 0 Å². The Morgan fingerprint density at radius 2 is 2.00 bits per heavy atom. The average molecular weight is 332 g/mol. The Labute approximate surface area is 148 Å². The molecule has 0 aliphatic heterocycles. The Morgan fingerprint density at radius 1 is 1.16 bits per heavy atom. The molecule has 2 aromatic heterocycles. The second-order valence-corrected chi connectivity index (χ2v) is 7.77. The summed E-state index contributed by atoms with van der Waals surface area (Å²) in [4.78, 5) is 4.54. The van der Waals surface area contributed by atoms with Crippen LogP contribution in [0, 0.1) is 0 Å². The zero-order valence-corrected chi connectivity index (χ0v) is 15.0. The van der Waals surface area contributed by atoms with E-state index in [4.69, 9.17) is 0 Å². The van der Waals surface area contributed by atoms with E-state index in [1.165, 1.54) is 11.1 Å². The number of aromatic amines is 1. The van der Waals surface area contributed by atoms with Gasteiger partial charge >= 0.3 is 0 Å². The van der Waals surface area contributed by atoms with Gasteiger partial charge < -0.3 is 5.32 Å². The number of fused-ring (bicyclic) bond motifs is 1. The van der Waals surface area contributed by atoms with Gasteiger partial charge in [0, 0.05) is 22.9 Å². The van der Waals surface area contributed by atoms with Gasteiger partial charge in [-0.15, -0.1) is 0 Å². The van der Waals surface area contributed by atoms with E-state index >= 15 is 0 Å². The van der Waals surface area contributed by atoms with Crippen molar-refractivity contribution in [2.24, 2.45) is 0 Å². The van der Waals surface area contributed by atoms with Crippen molar-refractivity contribution in [1.29, 1.82) is 0 Å². The van der Waals surface area contributed by atoms with Gasteiger partial charge in [-0.2, -0.15) is 5.10 Å². The van der Waals surface area contributed by atoms with E-state index < -0.39 is 0 Å². The number of H-pyrrole nitrogens is 1. The lowest BCUT2D eigenvalue weighted by atomic mass is 9.88. The van der Waals surface area contributed by atoms with Gasteiger partial charge in [-0.05, 0) is 41.7 Å². The summed E-state index contributed by atoms with van der Waals surface area (Å²) in [6, 6.07) is 13.2. The Morgan fingerprint density at radius 3 is 2.84 bits per heavy atom. The molecular formula is C21H24N4. The number of anilines is 1. The molecule has 4 rings (SSSR count). The molecule has 25 heavy (non-hydrogen) atoms. The van der Waals surface area contributed by atoms with Crippen molar-refractivity contribution >= 4 is 5.82 Å². The maximum Gasteiger partial charge on any atom is 0.126 e. The molecule has 1 atom stereocenters. The average Bonchev–Trinajstić information content (AvgIpc) is 3.23. The minimum Gasteiger partial charge on any atom is -0.363 e. The Hall–Kier alpha value is -2.62. The third kappa shape index (κ3) is 3.04. The van der Waals surface area contributed by atoms with Gasteiger partial charge in [0.2, 0.25) is 0 Å². The summed E-state index contributed by atoms with van der Waals surface area (Å²) >= 11 is 0. The molecule has 4 heteroatoms. The zero-order chi connectivity index (χ0) is 17.4. The summed E-state index contributed by atoms with van der Waals surface area (Å²) in [6.45, 7) is 6.58. The van der Waals surface area contributed by atoms with E-state index in [1.54, 1.807) is 0 Å². The summed E-state index contributed by atoms with van der Waals surface area (Å²) in [7, 11) is 0. The van der Waals surface area contributed by atoms with Crippen LogP contribution in [-0.2, 0) is 11.8 Å². The SMILES string of the molecule is CC(C)(C)c1[nH]ncc1-c1ccnc(NC2CCc3ccccc32)c1. The first kappa shape index (κ1) is 15.9. The van der Waals surface area contributed by atoms with E-state index in [2.05, 4.69) is 71.6 Å². The van der Waals surface area contributed by atoms with Crippen molar-refractivity contribution in [3.05, 3.63) is 65.6 Å². The monoisotopic (exact) mass is 332 g/mol. The smallest absolute Gasteiger partial charge is 0.126 e. The van der Waals surface area contributed by atoms with Crippen molar-refractivity contribution in [1.82, 2.24) is 15.2 Å². The highest BCUT2D eigenvalue weighted by Crippen LogP contribution is 2.35. The quantitative estimate of drug-likeness (QED) is 0.719. The largest absolute Gasteiger partial charge is 0.363 e. The van der Waals surface area contributed by atoms with Gasteiger partial charge in [-0.3, -0.25) is 5.10 Å². The standard InChI is InChI=1S/C21H24N4/c1-21(2,3)20-17(13-23-25-20)15-10-11-22-19(12-15)24-18-9-8-14-6-4-5-7-16(14)18/h4-7,10-13,18H,8-9H2,1-3H3,(H,22,24)(H,23,25). The lowest BCUT2D eigenvalue weighted by Gasteiger charge is -2.19. The Bertz CT molecular complexity index is 889. The van der Waals surface area contributed by atoms with Crippen molar-refractivity contribution in [2.75, 3.05) is 5.32 Å². The molecule has 0 saturated carbocycles. The molecule has 0 fully saturated rings. The first-order chi connectivity index (χ1) is 12.0. The minimum absolute atomic E-state index is 0.0209. The molecule has 1 aliphatic rings. The first-order valence-electron chi connectivity index (χ1n) is 8.87. The Kier molecular flexibility index (Phi) is 3.83. The molecule has 2 N–H and O–H groups in total. The molecule has 1 aromatic carbocycles. The fourth-order valence-corrected chi connectivity index (χ4v) is 3.64. The van der Waals surface area contributed by atoms with E-state index in [0.717, 1.165) is 35.5 Å². The van der Waals surface area contributed by atoms with Crippen molar-refractivity contribution in [3.8, 4) is 11.1 Å². The normalized spacial score (nSPS) is 16.7. The predicted molar refractivity (Wildman–Crippen MR) is 102 cm³/mol. The number of pyridine rings is 1. The van der Waals surface area contributed by atoms with Gasteiger partial charge in [0.15, 0.2) is 0 Å². The highest BCUT2D eigenvalue weighted by atomic mass is 15.1. The molecular weight excluding hydrogens is 308 g/mol. The fourth-order valence-electron chi connectivity index (χ4n) is 3.64. The molecule has 1 unspecified atom stereocenters. The molecule has 2 heterocycles. The number of rotatable bonds is 3. The second kappa shape index (κ2) is 6.03. The van der Waals surface area contributed by atoms with Crippen LogP contribution in [0.15, 0.2) is 48.8 Å². The van der Waals surface area contributed by atoms with Gasteiger partial charge in [0.1, 0.15) is 5.82 Å². The number of hydrogen-bond acceptors (Lipinski definition) is 3. The van der Waals surface area contributed by atoms with E-state index in [9.17, 15) is 0 Å². The summed E-state index contributed by atoms with van der Waals surface area (Å²) in [5.74, 6) is 0.917. The maximum atomic E-state index is 4.54. The molecule has 0 saturated heterocycles. The van der Waals surface area contributed by atoms with Crippen LogP contribution in [0.4, 0.5) is 5.82 Å². The number of aromatic nitrogens is 3. The van der Waals surface area contributed by atoms with E-state index in [0.29, 0.717) is 6.04 Å².